The molecule has 1 aromatic heterocycles. The van der Waals surface area contributed by atoms with E-state index in [0.717, 1.165) is 36.4 Å². The van der Waals surface area contributed by atoms with Crippen LogP contribution in [0, 0.1) is 17.6 Å². The normalized spacial score (nSPS) is 17.7. The molecule has 9 heteroatoms. The molecule has 1 aromatic carbocycles. The molecule has 0 unspecified atom stereocenters. The van der Waals surface area contributed by atoms with Crippen molar-refractivity contribution in [1.29, 1.82) is 0 Å². The quantitative estimate of drug-likeness (QED) is 0.846. The number of nitrogens with zero attached hydrogens (tertiary/aromatic N) is 3. The summed E-state index contributed by atoms with van der Waals surface area (Å²) in [6.07, 6.45) is 1.67. The maximum atomic E-state index is 14.1. The van der Waals surface area contributed by atoms with Gasteiger partial charge in [0.2, 0.25) is 11.8 Å². The molecule has 1 saturated heterocycles. The molecule has 1 fully saturated rings. The fourth-order valence-electron chi connectivity index (χ4n) is 3.20. The fourth-order valence-corrected chi connectivity index (χ4v) is 4.07. The zero-order valence-electron chi connectivity index (χ0n) is 14.8. The van der Waals surface area contributed by atoms with Crippen LogP contribution >= 0.6 is 11.3 Å². The van der Waals surface area contributed by atoms with E-state index in [4.69, 9.17) is 5.73 Å². The Morgan fingerprint density at radius 2 is 2.19 bits per heavy atom. The third-order valence-corrected chi connectivity index (χ3v) is 5.36. The number of aromatic nitrogens is 1. The van der Waals surface area contributed by atoms with Gasteiger partial charge in [0, 0.05) is 31.5 Å². The third-order valence-electron chi connectivity index (χ3n) is 4.49. The highest BCUT2D eigenvalue weighted by Gasteiger charge is 2.26. The summed E-state index contributed by atoms with van der Waals surface area (Å²) in [5.41, 5.74) is 6.08. The highest BCUT2D eigenvalue weighted by atomic mass is 32.1. The first-order valence-electron chi connectivity index (χ1n) is 8.57. The minimum absolute atomic E-state index is 0.0448. The van der Waals surface area contributed by atoms with Crippen LogP contribution in [0.25, 0.3) is 0 Å². The first-order chi connectivity index (χ1) is 12.8. The molecule has 1 aliphatic heterocycles. The van der Waals surface area contributed by atoms with Gasteiger partial charge in [-0.1, -0.05) is 0 Å². The van der Waals surface area contributed by atoms with Gasteiger partial charge in [-0.05, 0) is 31.5 Å². The number of hydrogen-bond acceptors (Lipinski definition) is 5. The van der Waals surface area contributed by atoms with Gasteiger partial charge in [0.25, 0.3) is 0 Å². The Morgan fingerprint density at radius 3 is 2.85 bits per heavy atom. The van der Waals surface area contributed by atoms with Crippen LogP contribution in [-0.2, 0) is 16.1 Å². The number of nitrogens with two attached hydrogens (primary N) is 1. The molecule has 0 saturated carbocycles. The number of carbonyl (C=O) groups is 2. The molecular weight excluding hydrogens is 374 g/mol. The Hall–Kier alpha value is -2.39. The Balaban J connectivity index is 1.78. The first-order valence-corrected chi connectivity index (χ1v) is 9.45. The van der Waals surface area contributed by atoms with E-state index in [1.54, 1.807) is 5.38 Å². The summed E-state index contributed by atoms with van der Waals surface area (Å²) in [7, 11) is 0. The molecule has 0 radical (unpaired) electrons. The SMILES string of the molecule is CC(=O)N(c1nc(CN2CCC[C@H](C(N)=O)C2)cs1)c1ccc(F)cc1F. The van der Waals surface area contributed by atoms with Crippen LogP contribution in [-0.4, -0.2) is 34.8 Å². The van der Waals surface area contributed by atoms with E-state index < -0.39 is 17.5 Å². The smallest absolute Gasteiger partial charge is 0.230 e. The molecule has 3 rings (SSSR count). The van der Waals surface area contributed by atoms with Crippen molar-refractivity contribution >= 4 is 34.0 Å². The number of carbonyl (C=O) groups excluding carboxylic acids is 2. The highest BCUT2D eigenvalue weighted by Crippen LogP contribution is 2.31. The number of halogens is 2. The van der Waals surface area contributed by atoms with Crippen LogP contribution < -0.4 is 10.6 Å². The van der Waals surface area contributed by atoms with Crippen molar-refractivity contribution in [1.82, 2.24) is 9.88 Å². The number of primary amides is 1. The lowest BCUT2D eigenvalue weighted by Gasteiger charge is -2.30. The Bertz CT molecular complexity index is 858. The molecule has 1 aliphatic rings. The molecule has 0 aliphatic carbocycles. The zero-order valence-corrected chi connectivity index (χ0v) is 15.6. The largest absolute Gasteiger partial charge is 0.369 e. The predicted octanol–water partition coefficient (Wildman–Crippen LogP) is 2.80. The highest BCUT2D eigenvalue weighted by molar-refractivity contribution is 7.14. The van der Waals surface area contributed by atoms with Crippen LogP contribution in [0.4, 0.5) is 19.6 Å². The van der Waals surface area contributed by atoms with Crippen LogP contribution in [0.3, 0.4) is 0 Å². The number of hydrogen-bond donors (Lipinski definition) is 1. The molecule has 0 spiro atoms. The van der Waals surface area contributed by atoms with Crippen molar-refractivity contribution in [2.75, 3.05) is 18.0 Å². The number of amides is 2. The molecule has 2 aromatic rings. The monoisotopic (exact) mass is 394 g/mol. The van der Waals surface area contributed by atoms with Gasteiger partial charge in [-0.2, -0.15) is 0 Å². The predicted molar refractivity (Wildman–Crippen MR) is 98.5 cm³/mol. The van der Waals surface area contributed by atoms with E-state index in [-0.39, 0.29) is 17.5 Å². The molecule has 2 heterocycles. The van der Waals surface area contributed by atoms with Crippen LogP contribution in [0.1, 0.15) is 25.5 Å². The van der Waals surface area contributed by atoms with Gasteiger partial charge in [-0.15, -0.1) is 11.3 Å². The van der Waals surface area contributed by atoms with Gasteiger partial charge >= 0.3 is 0 Å². The summed E-state index contributed by atoms with van der Waals surface area (Å²) >= 11 is 1.20. The maximum Gasteiger partial charge on any atom is 0.230 e. The van der Waals surface area contributed by atoms with E-state index in [1.165, 1.54) is 24.3 Å². The first kappa shape index (κ1) is 19.4. The lowest BCUT2D eigenvalue weighted by molar-refractivity contribution is -0.123. The van der Waals surface area contributed by atoms with Crippen molar-refractivity contribution in [3.63, 3.8) is 0 Å². The molecule has 0 bridgehead atoms. The molecule has 2 amide bonds. The minimum atomic E-state index is -0.831. The average Bonchev–Trinajstić information content (AvgIpc) is 3.05. The molecule has 27 heavy (non-hydrogen) atoms. The van der Waals surface area contributed by atoms with Crippen molar-refractivity contribution in [2.24, 2.45) is 11.7 Å². The van der Waals surface area contributed by atoms with E-state index in [9.17, 15) is 18.4 Å². The number of benzene rings is 1. The fraction of sp³-hybridized carbons (Fsp3) is 0.389. The molecule has 2 N–H and O–H groups in total. The van der Waals surface area contributed by atoms with Gasteiger partial charge < -0.3 is 5.73 Å². The summed E-state index contributed by atoms with van der Waals surface area (Å²) in [4.78, 5) is 31.1. The molecule has 144 valence electrons. The van der Waals surface area contributed by atoms with E-state index in [1.807, 2.05) is 0 Å². The lowest BCUT2D eigenvalue weighted by Crippen LogP contribution is -2.40. The number of rotatable bonds is 5. The van der Waals surface area contributed by atoms with Crippen LogP contribution in [0.5, 0.6) is 0 Å². The van der Waals surface area contributed by atoms with Crippen LogP contribution in [0.2, 0.25) is 0 Å². The third kappa shape index (κ3) is 4.48. The molecular formula is C18H20F2N4O2S. The second-order valence-electron chi connectivity index (χ2n) is 6.55. The van der Waals surface area contributed by atoms with E-state index in [0.29, 0.717) is 23.9 Å². The minimum Gasteiger partial charge on any atom is -0.369 e. The zero-order chi connectivity index (χ0) is 19.6. The Labute approximate surface area is 159 Å². The standard InChI is InChI=1S/C18H20F2N4O2S/c1-11(25)24(16-5-4-13(19)7-15(16)20)18-22-14(10-27-18)9-23-6-2-3-12(8-23)17(21)26/h4-5,7,10,12H,2-3,6,8-9H2,1H3,(H2,21,26)/t12-/m0/s1. The summed E-state index contributed by atoms with van der Waals surface area (Å²) in [5, 5.41) is 2.10. The lowest BCUT2D eigenvalue weighted by atomic mass is 9.97. The number of likely N-dealkylation sites (tertiary alicyclic amines) is 1. The summed E-state index contributed by atoms with van der Waals surface area (Å²) in [5.74, 6) is -2.43. The second-order valence-corrected chi connectivity index (χ2v) is 7.38. The van der Waals surface area contributed by atoms with Gasteiger partial charge in [0.05, 0.1) is 17.3 Å². The second kappa shape index (κ2) is 8.10. The van der Waals surface area contributed by atoms with Crippen LogP contribution in [0.15, 0.2) is 23.6 Å². The Morgan fingerprint density at radius 1 is 1.41 bits per heavy atom. The maximum absolute atomic E-state index is 14.1. The summed E-state index contributed by atoms with van der Waals surface area (Å²) in [6, 6.07) is 3.05. The number of thiazole rings is 1. The molecule has 1 atom stereocenters. The van der Waals surface area contributed by atoms with Crippen molar-refractivity contribution in [3.8, 4) is 0 Å². The van der Waals surface area contributed by atoms with Crippen molar-refractivity contribution < 1.29 is 18.4 Å². The van der Waals surface area contributed by atoms with Gasteiger partial charge in [-0.3, -0.25) is 19.4 Å². The van der Waals surface area contributed by atoms with Gasteiger partial charge in [-0.25, -0.2) is 13.8 Å². The van der Waals surface area contributed by atoms with Crippen molar-refractivity contribution in [2.45, 2.75) is 26.3 Å². The van der Waals surface area contributed by atoms with Crippen molar-refractivity contribution in [3.05, 3.63) is 40.9 Å². The number of anilines is 2. The summed E-state index contributed by atoms with van der Waals surface area (Å²) < 4.78 is 27.3. The molecule has 6 nitrogen and oxygen atoms in total. The van der Waals surface area contributed by atoms with Gasteiger partial charge in [0.15, 0.2) is 5.13 Å². The van der Waals surface area contributed by atoms with E-state index >= 15 is 0 Å². The van der Waals surface area contributed by atoms with Gasteiger partial charge in [0.1, 0.15) is 11.6 Å². The van der Waals surface area contributed by atoms with E-state index in [2.05, 4.69) is 9.88 Å². The number of piperidine rings is 1. The Kier molecular flexibility index (Phi) is 5.81. The summed E-state index contributed by atoms with van der Waals surface area (Å²) in [6.45, 7) is 3.22. The topological polar surface area (TPSA) is 79.5 Å². The average molecular weight is 394 g/mol.